The summed E-state index contributed by atoms with van der Waals surface area (Å²) in [4.78, 5) is 0. The van der Waals surface area contributed by atoms with Gasteiger partial charge in [-0.05, 0) is 86.8 Å². The molecule has 2 aromatic rings. The first-order valence-corrected chi connectivity index (χ1v) is 14.6. The number of ether oxygens (including phenoxy) is 1. The first-order chi connectivity index (χ1) is 16.5. The van der Waals surface area contributed by atoms with Gasteiger partial charge in [-0.1, -0.05) is 65.0 Å². The maximum absolute atomic E-state index is 12.2. The zero-order valence-electron chi connectivity index (χ0n) is 24.0. The number of rotatable bonds is 11. The molecule has 0 spiro atoms. The number of hydrogen-bond donors (Lipinski definition) is 2. The Balaban J connectivity index is 2.35. The normalized spacial score (nSPS) is 14.7. The van der Waals surface area contributed by atoms with Crippen LogP contribution < -0.4 is 9.46 Å². The van der Waals surface area contributed by atoms with E-state index in [1.54, 1.807) is 13.8 Å². The second-order valence-electron chi connectivity index (χ2n) is 11.6. The van der Waals surface area contributed by atoms with Gasteiger partial charge in [-0.2, -0.15) is 0 Å². The Kier molecular flexibility index (Phi) is 9.47. The Hall–Kier alpha value is -1.89. The Morgan fingerprint density at radius 2 is 1.44 bits per heavy atom. The molecule has 2 aromatic carbocycles. The molecule has 36 heavy (non-hydrogen) atoms. The Labute approximate surface area is 219 Å². The van der Waals surface area contributed by atoms with E-state index in [4.69, 9.17) is 4.74 Å². The van der Waals surface area contributed by atoms with Gasteiger partial charge in [0.15, 0.2) is 0 Å². The van der Waals surface area contributed by atoms with E-state index in [0.717, 1.165) is 35.3 Å². The van der Waals surface area contributed by atoms with Crippen LogP contribution in [0.5, 0.6) is 5.75 Å². The number of aryl methyl sites for hydroxylation is 2. The minimum Gasteiger partial charge on any atom is -0.490 e. The summed E-state index contributed by atoms with van der Waals surface area (Å²) in [6.07, 6.45) is 1.86. The van der Waals surface area contributed by atoms with Gasteiger partial charge >= 0.3 is 0 Å². The predicted molar refractivity (Wildman–Crippen MR) is 150 cm³/mol. The lowest BCUT2D eigenvalue weighted by molar-refractivity contribution is -0.0725. The lowest BCUT2D eigenvalue weighted by atomic mass is 9.70. The Bertz CT molecular complexity index is 1140. The highest BCUT2D eigenvalue weighted by molar-refractivity contribution is 7.90. The van der Waals surface area contributed by atoms with Crippen LogP contribution in [0.4, 0.5) is 0 Å². The molecule has 0 bridgehead atoms. The molecule has 5 nitrogen and oxygen atoms in total. The van der Waals surface area contributed by atoms with Crippen molar-refractivity contribution in [3.8, 4) is 5.75 Å². The SMILES string of the molecule is CCC(CC)(c1ccc(CNS(=O)(=O)C(C)C)c(C)c1)c1ccc(OCC(C)(O)C(C)(C)C)c(C)c1. The van der Waals surface area contributed by atoms with Crippen molar-refractivity contribution in [3.63, 3.8) is 0 Å². The van der Waals surface area contributed by atoms with Crippen molar-refractivity contribution in [2.75, 3.05) is 6.61 Å². The molecule has 0 aliphatic carbocycles. The van der Waals surface area contributed by atoms with Crippen molar-refractivity contribution in [1.29, 1.82) is 0 Å². The van der Waals surface area contributed by atoms with Gasteiger partial charge in [0.05, 0.1) is 5.25 Å². The molecule has 0 aliphatic heterocycles. The van der Waals surface area contributed by atoms with E-state index in [1.165, 1.54) is 11.1 Å². The van der Waals surface area contributed by atoms with E-state index >= 15 is 0 Å². The molecule has 0 saturated heterocycles. The molecule has 202 valence electrons. The van der Waals surface area contributed by atoms with Gasteiger partial charge in [0.2, 0.25) is 10.0 Å². The van der Waals surface area contributed by atoms with Crippen molar-refractivity contribution in [1.82, 2.24) is 4.72 Å². The molecule has 0 aliphatic rings. The van der Waals surface area contributed by atoms with Gasteiger partial charge in [0.1, 0.15) is 18.0 Å². The molecule has 2 rings (SSSR count). The summed E-state index contributed by atoms with van der Waals surface area (Å²) in [6, 6.07) is 12.7. The summed E-state index contributed by atoms with van der Waals surface area (Å²) >= 11 is 0. The average Bonchev–Trinajstić information content (AvgIpc) is 2.78. The van der Waals surface area contributed by atoms with Crippen LogP contribution >= 0.6 is 0 Å². The monoisotopic (exact) mass is 517 g/mol. The van der Waals surface area contributed by atoms with E-state index in [0.29, 0.717) is 6.54 Å². The van der Waals surface area contributed by atoms with E-state index < -0.39 is 20.9 Å². The van der Waals surface area contributed by atoms with Crippen molar-refractivity contribution in [3.05, 3.63) is 64.2 Å². The molecule has 2 N–H and O–H groups in total. The average molecular weight is 518 g/mol. The van der Waals surface area contributed by atoms with Crippen LogP contribution in [0, 0.1) is 19.3 Å². The molecule has 0 saturated carbocycles. The first kappa shape index (κ1) is 30.3. The predicted octanol–water partition coefficient (Wildman–Crippen LogP) is 6.41. The highest BCUT2D eigenvalue weighted by atomic mass is 32.2. The quantitative estimate of drug-likeness (QED) is 0.361. The fourth-order valence-corrected chi connectivity index (χ4v) is 5.00. The molecule has 0 heterocycles. The summed E-state index contributed by atoms with van der Waals surface area (Å²) < 4.78 is 33.2. The van der Waals surface area contributed by atoms with Crippen molar-refractivity contribution in [2.24, 2.45) is 5.41 Å². The third-order valence-electron chi connectivity index (χ3n) is 8.04. The number of benzene rings is 2. The molecule has 1 unspecified atom stereocenters. The van der Waals surface area contributed by atoms with Crippen molar-refractivity contribution in [2.45, 2.75) is 105 Å². The maximum Gasteiger partial charge on any atom is 0.214 e. The van der Waals surface area contributed by atoms with Gasteiger partial charge in [-0.3, -0.25) is 0 Å². The Morgan fingerprint density at radius 1 is 0.917 bits per heavy atom. The molecule has 0 fully saturated rings. The fourth-order valence-electron chi connectivity index (χ4n) is 4.31. The molecule has 0 radical (unpaired) electrons. The summed E-state index contributed by atoms with van der Waals surface area (Å²) in [6.45, 7) is 20.2. The molecule has 6 heteroatoms. The number of aliphatic hydroxyl groups is 1. The molecule has 0 amide bonds. The Morgan fingerprint density at radius 3 is 1.89 bits per heavy atom. The van der Waals surface area contributed by atoms with Crippen LogP contribution in [-0.2, 0) is 22.0 Å². The summed E-state index contributed by atoms with van der Waals surface area (Å²) in [5.74, 6) is 0.786. The van der Waals surface area contributed by atoms with Gasteiger partial charge in [0, 0.05) is 12.0 Å². The van der Waals surface area contributed by atoms with E-state index in [-0.39, 0.29) is 17.4 Å². The van der Waals surface area contributed by atoms with Crippen LogP contribution in [0.2, 0.25) is 0 Å². The largest absolute Gasteiger partial charge is 0.490 e. The summed E-state index contributed by atoms with van der Waals surface area (Å²) in [5.41, 5.74) is 4.15. The second-order valence-corrected chi connectivity index (χ2v) is 14.0. The van der Waals surface area contributed by atoms with Crippen LogP contribution in [0.3, 0.4) is 0 Å². The van der Waals surface area contributed by atoms with Crippen molar-refractivity contribution < 1.29 is 18.3 Å². The summed E-state index contributed by atoms with van der Waals surface area (Å²) in [5, 5.41) is 10.3. The second kappa shape index (κ2) is 11.2. The molecular weight excluding hydrogens is 470 g/mol. The van der Waals surface area contributed by atoms with Crippen LogP contribution in [0.25, 0.3) is 0 Å². The first-order valence-electron chi connectivity index (χ1n) is 13.1. The standard InChI is InChI=1S/C30H47NO4S/c1-11-30(12-2,25-14-13-24(22(5)17-25)19-31-36(33,34)21(3)4)26-15-16-27(23(6)18-26)35-20-29(10,32)28(7,8)9/h13-18,21,31-32H,11-12,19-20H2,1-10H3. The lowest BCUT2D eigenvalue weighted by Gasteiger charge is -2.37. The number of nitrogens with one attached hydrogen (secondary N) is 1. The zero-order chi connectivity index (χ0) is 27.5. The van der Waals surface area contributed by atoms with E-state index in [9.17, 15) is 13.5 Å². The van der Waals surface area contributed by atoms with Gasteiger partial charge in [0.25, 0.3) is 0 Å². The van der Waals surface area contributed by atoms with Crippen LogP contribution in [-0.4, -0.2) is 31.0 Å². The molecule has 0 aromatic heterocycles. The zero-order valence-corrected chi connectivity index (χ0v) is 24.8. The fraction of sp³-hybridized carbons (Fsp3) is 0.600. The van der Waals surface area contributed by atoms with Crippen LogP contribution in [0.15, 0.2) is 36.4 Å². The highest BCUT2D eigenvalue weighted by Gasteiger charge is 2.36. The third kappa shape index (κ3) is 6.51. The minimum absolute atomic E-state index is 0.166. The maximum atomic E-state index is 12.2. The highest BCUT2D eigenvalue weighted by Crippen LogP contribution is 2.41. The van der Waals surface area contributed by atoms with E-state index in [1.807, 2.05) is 46.8 Å². The van der Waals surface area contributed by atoms with Crippen molar-refractivity contribution >= 4 is 10.0 Å². The number of sulfonamides is 1. The molecular formula is C30H47NO4S. The van der Waals surface area contributed by atoms with Gasteiger partial charge in [-0.25, -0.2) is 13.1 Å². The third-order valence-corrected chi connectivity index (χ3v) is 9.83. The molecule has 1 atom stereocenters. The lowest BCUT2D eigenvalue weighted by Crippen LogP contribution is -2.45. The summed E-state index contributed by atoms with van der Waals surface area (Å²) in [7, 11) is -3.31. The number of hydrogen-bond acceptors (Lipinski definition) is 4. The van der Waals surface area contributed by atoms with Crippen LogP contribution in [0.1, 0.15) is 96.0 Å². The minimum atomic E-state index is -3.31. The van der Waals surface area contributed by atoms with Gasteiger partial charge in [-0.15, -0.1) is 0 Å². The topological polar surface area (TPSA) is 75.6 Å². The van der Waals surface area contributed by atoms with E-state index in [2.05, 4.69) is 49.8 Å². The van der Waals surface area contributed by atoms with Gasteiger partial charge < -0.3 is 9.84 Å². The smallest absolute Gasteiger partial charge is 0.214 e.